The quantitative estimate of drug-likeness (QED) is 0.833. The fourth-order valence-electron chi connectivity index (χ4n) is 4.76. The van der Waals surface area contributed by atoms with Crippen molar-refractivity contribution in [2.24, 2.45) is 13.0 Å². The Hall–Kier alpha value is -2.21. The van der Waals surface area contributed by atoms with Gasteiger partial charge in [0.15, 0.2) is 0 Å². The summed E-state index contributed by atoms with van der Waals surface area (Å²) < 4.78 is 15.3. The van der Waals surface area contributed by atoms with E-state index in [1.54, 1.807) is 16.8 Å². The van der Waals surface area contributed by atoms with Crippen molar-refractivity contribution in [2.45, 2.75) is 44.1 Å². The number of benzene rings is 1. The number of amides is 1. The largest absolute Gasteiger partial charge is 0.339 e. The average Bonchev–Trinajstić information content (AvgIpc) is 3.43. The van der Waals surface area contributed by atoms with Gasteiger partial charge in [0.25, 0.3) is 0 Å². The molecule has 4 rings (SSSR count). The summed E-state index contributed by atoms with van der Waals surface area (Å²) in [6, 6.07) is 7.04. The molecule has 1 saturated heterocycles. The van der Waals surface area contributed by atoms with E-state index in [1.165, 1.54) is 18.9 Å². The lowest BCUT2D eigenvalue weighted by Gasteiger charge is -2.33. The van der Waals surface area contributed by atoms with Gasteiger partial charge in [0.05, 0.1) is 12.1 Å². The Labute approximate surface area is 165 Å². The van der Waals surface area contributed by atoms with Gasteiger partial charge in [-0.15, -0.1) is 0 Å². The second-order valence-corrected chi connectivity index (χ2v) is 8.17. The highest BCUT2D eigenvalue weighted by molar-refractivity contribution is 5.81. The minimum atomic E-state index is -0.215. The van der Waals surface area contributed by atoms with E-state index in [1.807, 2.05) is 25.5 Å². The summed E-state index contributed by atoms with van der Waals surface area (Å²) in [4.78, 5) is 15.7. The number of hydrogen-bond acceptors (Lipinski definition) is 3. The molecule has 0 spiro atoms. The molecule has 2 atom stereocenters. The Morgan fingerprint density at radius 2 is 2.14 bits per heavy atom. The molecule has 2 heterocycles. The SMILES string of the molecule is Cn1cc([C@H]2CNC[C@@H]2C(=O)N(CCc2cccc(F)c2)C2CCCC2)cn1. The lowest BCUT2D eigenvalue weighted by molar-refractivity contribution is -0.137. The zero-order chi connectivity index (χ0) is 19.5. The predicted molar refractivity (Wildman–Crippen MR) is 106 cm³/mol. The van der Waals surface area contributed by atoms with Crippen molar-refractivity contribution in [3.05, 3.63) is 53.6 Å². The highest BCUT2D eigenvalue weighted by Crippen LogP contribution is 2.32. The number of aryl methyl sites for hydroxylation is 1. The zero-order valence-corrected chi connectivity index (χ0v) is 16.5. The molecular weight excluding hydrogens is 355 g/mol. The lowest BCUT2D eigenvalue weighted by atomic mass is 9.89. The molecule has 150 valence electrons. The first kappa shape index (κ1) is 19.1. The van der Waals surface area contributed by atoms with Crippen LogP contribution in [0.25, 0.3) is 0 Å². The monoisotopic (exact) mass is 384 g/mol. The van der Waals surface area contributed by atoms with E-state index in [0.717, 1.165) is 30.5 Å². The normalized spacial score (nSPS) is 22.6. The van der Waals surface area contributed by atoms with E-state index in [0.29, 0.717) is 25.6 Å². The fourth-order valence-corrected chi connectivity index (χ4v) is 4.76. The summed E-state index contributed by atoms with van der Waals surface area (Å²) in [7, 11) is 1.91. The number of aromatic nitrogens is 2. The lowest BCUT2D eigenvalue weighted by Crippen LogP contribution is -2.45. The molecule has 2 aliphatic rings. The van der Waals surface area contributed by atoms with Gasteiger partial charge in [-0.2, -0.15) is 5.10 Å². The van der Waals surface area contributed by atoms with Gasteiger partial charge in [0.1, 0.15) is 5.82 Å². The molecule has 0 unspecified atom stereocenters. The van der Waals surface area contributed by atoms with Gasteiger partial charge in [-0.3, -0.25) is 9.48 Å². The molecule has 6 heteroatoms. The first-order valence-corrected chi connectivity index (χ1v) is 10.4. The maximum atomic E-state index is 13.6. The van der Waals surface area contributed by atoms with Crippen LogP contribution in [0.1, 0.15) is 42.7 Å². The van der Waals surface area contributed by atoms with Crippen LogP contribution < -0.4 is 5.32 Å². The van der Waals surface area contributed by atoms with Gasteiger partial charge in [0, 0.05) is 44.8 Å². The van der Waals surface area contributed by atoms with Crippen molar-refractivity contribution < 1.29 is 9.18 Å². The smallest absolute Gasteiger partial charge is 0.227 e. The molecule has 0 bridgehead atoms. The van der Waals surface area contributed by atoms with Crippen molar-refractivity contribution in [3.8, 4) is 0 Å². The second kappa shape index (κ2) is 8.43. The Morgan fingerprint density at radius 1 is 1.32 bits per heavy atom. The van der Waals surface area contributed by atoms with Gasteiger partial charge in [0.2, 0.25) is 5.91 Å². The van der Waals surface area contributed by atoms with Crippen LogP contribution in [0, 0.1) is 11.7 Å². The minimum Gasteiger partial charge on any atom is -0.339 e. The summed E-state index contributed by atoms with van der Waals surface area (Å²) in [5, 5.41) is 7.69. The Balaban J connectivity index is 1.51. The molecular formula is C22H29FN4O. The van der Waals surface area contributed by atoms with E-state index in [2.05, 4.69) is 15.3 Å². The van der Waals surface area contributed by atoms with E-state index < -0.39 is 0 Å². The number of carbonyl (C=O) groups is 1. The molecule has 1 saturated carbocycles. The molecule has 1 aromatic heterocycles. The molecule has 1 aromatic carbocycles. The molecule has 2 fully saturated rings. The number of rotatable bonds is 6. The van der Waals surface area contributed by atoms with E-state index in [9.17, 15) is 9.18 Å². The van der Waals surface area contributed by atoms with E-state index >= 15 is 0 Å². The molecule has 28 heavy (non-hydrogen) atoms. The van der Waals surface area contributed by atoms with Crippen molar-refractivity contribution in [2.75, 3.05) is 19.6 Å². The van der Waals surface area contributed by atoms with Crippen LogP contribution >= 0.6 is 0 Å². The Kier molecular flexibility index (Phi) is 5.76. The number of nitrogens with one attached hydrogen (secondary N) is 1. The fraction of sp³-hybridized carbons (Fsp3) is 0.545. The van der Waals surface area contributed by atoms with E-state index in [4.69, 9.17) is 0 Å². The molecule has 1 N–H and O–H groups in total. The molecule has 1 aliphatic heterocycles. The van der Waals surface area contributed by atoms with Crippen LogP contribution in [-0.2, 0) is 18.3 Å². The number of halogens is 1. The predicted octanol–water partition coefficient (Wildman–Crippen LogP) is 2.88. The van der Waals surface area contributed by atoms with Gasteiger partial charge >= 0.3 is 0 Å². The third-order valence-corrected chi connectivity index (χ3v) is 6.26. The van der Waals surface area contributed by atoms with Gasteiger partial charge in [-0.25, -0.2) is 4.39 Å². The molecule has 1 amide bonds. The highest BCUT2D eigenvalue weighted by Gasteiger charge is 2.39. The minimum absolute atomic E-state index is 0.0580. The Bertz CT molecular complexity index is 814. The number of carbonyl (C=O) groups excluding carboxylic acids is 1. The average molecular weight is 384 g/mol. The van der Waals surface area contributed by atoms with Crippen LogP contribution in [-0.4, -0.2) is 46.3 Å². The van der Waals surface area contributed by atoms with Crippen LogP contribution in [0.2, 0.25) is 0 Å². The Morgan fingerprint density at radius 3 is 2.86 bits per heavy atom. The van der Waals surface area contributed by atoms with Crippen LogP contribution in [0.5, 0.6) is 0 Å². The maximum Gasteiger partial charge on any atom is 0.227 e. The maximum absolute atomic E-state index is 13.6. The number of hydrogen-bond donors (Lipinski definition) is 1. The van der Waals surface area contributed by atoms with Crippen molar-refractivity contribution in [3.63, 3.8) is 0 Å². The number of nitrogens with zero attached hydrogens (tertiary/aromatic N) is 3. The van der Waals surface area contributed by atoms with Gasteiger partial charge in [-0.1, -0.05) is 25.0 Å². The first-order chi connectivity index (χ1) is 13.6. The summed E-state index contributed by atoms with van der Waals surface area (Å²) in [6.07, 6.45) is 9.11. The highest BCUT2D eigenvalue weighted by atomic mass is 19.1. The van der Waals surface area contributed by atoms with E-state index in [-0.39, 0.29) is 23.6 Å². The van der Waals surface area contributed by atoms with Crippen LogP contribution in [0.3, 0.4) is 0 Å². The van der Waals surface area contributed by atoms with Crippen LogP contribution in [0.4, 0.5) is 4.39 Å². The third kappa shape index (κ3) is 4.12. The van der Waals surface area contributed by atoms with Gasteiger partial charge in [-0.05, 0) is 42.5 Å². The molecule has 5 nitrogen and oxygen atoms in total. The molecule has 2 aromatic rings. The first-order valence-electron chi connectivity index (χ1n) is 10.4. The van der Waals surface area contributed by atoms with Crippen molar-refractivity contribution >= 4 is 5.91 Å². The third-order valence-electron chi connectivity index (χ3n) is 6.26. The van der Waals surface area contributed by atoms with Crippen LogP contribution in [0.15, 0.2) is 36.7 Å². The summed E-state index contributed by atoms with van der Waals surface area (Å²) in [5.41, 5.74) is 2.08. The van der Waals surface area contributed by atoms with Crippen molar-refractivity contribution in [1.29, 1.82) is 0 Å². The molecule has 1 aliphatic carbocycles. The standard InChI is InChI=1S/C22H29FN4O/c1-26-15-17(12-25-26)20-13-24-14-21(20)22(28)27(19-7-2-3-8-19)10-9-16-5-4-6-18(23)11-16/h4-6,11-12,15,19-21,24H,2-3,7-10,13-14H2,1H3/t20-,21+/m1/s1. The summed E-state index contributed by atoms with van der Waals surface area (Å²) >= 11 is 0. The summed E-state index contributed by atoms with van der Waals surface area (Å²) in [6.45, 7) is 2.18. The molecule has 0 radical (unpaired) electrons. The summed E-state index contributed by atoms with van der Waals surface area (Å²) in [5.74, 6) is 0.131. The van der Waals surface area contributed by atoms with Crippen molar-refractivity contribution in [1.82, 2.24) is 20.0 Å². The second-order valence-electron chi connectivity index (χ2n) is 8.17. The zero-order valence-electron chi connectivity index (χ0n) is 16.5. The van der Waals surface area contributed by atoms with Gasteiger partial charge < -0.3 is 10.2 Å². The topological polar surface area (TPSA) is 50.2 Å².